The van der Waals surface area contributed by atoms with Crippen molar-refractivity contribution >= 4 is 10.0 Å². The van der Waals surface area contributed by atoms with E-state index in [1.54, 1.807) is 24.3 Å². The number of sulfonamides is 1. The zero-order valence-electron chi connectivity index (χ0n) is 12.3. The highest BCUT2D eigenvalue weighted by molar-refractivity contribution is 7.89. The van der Waals surface area contributed by atoms with E-state index in [2.05, 4.69) is 18.6 Å². The fourth-order valence-corrected chi connectivity index (χ4v) is 3.59. The molecule has 0 aliphatic carbocycles. The molecule has 1 aromatic rings. The van der Waals surface area contributed by atoms with Crippen molar-refractivity contribution in [2.45, 2.75) is 51.0 Å². The summed E-state index contributed by atoms with van der Waals surface area (Å²) in [6.45, 7) is 6.03. The lowest BCUT2D eigenvalue weighted by Crippen LogP contribution is -2.37. The lowest BCUT2D eigenvalue weighted by Gasteiger charge is -2.22. The Labute approximate surface area is 121 Å². The first-order valence-electron chi connectivity index (χ1n) is 6.92. The van der Waals surface area contributed by atoms with Crippen molar-refractivity contribution < 1.29 is 8.42 Å². The topological polar surface area (TPSA) is 70.0 Å². The SMILES string of the molecule is CCC(CC)C(C)NS(=O)(=O)c1ccc(CC#N)cc1. The van der Waals surface area contributed by atoms with Crippen LogP contribution in [0.1, 0.15) is 39.2 Å². The second kappa shape index (κ2) is 7.41. The number of hydrogen-bond acceptors (Lipinski definition) is 3. The van der Waals surface area contributed by atoms with Crippen molar-refractivity contribution in [1.29, 1.82) is 5.26 Å². The van der Waals surface area contributed by atoms with E-state index in [9.17, 15) is 8.42 Å². The summed E-state index contributed by atoms with van der Waals surface area (Å²) >= 11 is 0. The number of nitrogens with zero attached hydrogens (tertiary/aromatic N) is 1. The summed E-state index contributed by atoms with van der Waals surface area (Å²) in [5.74, 6) is 0.336. The first kappa shape index (κ1) is 16.7. The Morgan fingerprint density at radius 3 is 2.20 bits per heavy atom. The van der Waals surface area contributed by atoms with Crippen LogP contribution in [-0.2, 0) is 16.4 Å². The third-order valence-electron chi connectivity index (χ3n) is 3.61. The Morgan fingerprint density at radius 1 is 1.20 bits per heavy atom. The molecule has 0 fully saturated rings. The van der Waals surface area contributed by atoms with E-state index in [1.807, 2.05) is 13.0 Å². The zero-order chi connectivity index (χ0) is 15.2. The monoisotopic (exact) mass is 294 g/mol. The third kappa shape index (κ3) is 4.32. The van der Waals surface area contributed by atoms with Gasteiger partial charge in [-0.1, -0.05) is 38.8 Å². The van der Waals surface area contributed by atoms with Crippen LogP contribution in [-0.4, -0.2) is 14.5 Å². The molecule has 1 aromatic carbocycles. The first-order chi connectivity index (χ1) is 9.44. The van der Waals surface area contributed by atoms with Gasteiger partial charge in [-0.15, -0.1) is 0 Å². The predicted molar refractivity (Wildman–Crippen MR) is 79.6 cm³/mol. The molecule has 1 N–H and O–H groups in total. The minimum atomic E-state index is -3.49. The Bertz CT molecular complexity index is 555. The van der Waals surface area contributed by atoms with Crippen LogP contribution in [0.2, 0.25) is 0 Å². The molecule has 0 bridgehead atoms. The number of nitrogens with one attached hydrogen (secondary N) is 1. The third-order valence-corrected chi connectivity index (χ3v) is 5.19. The lowest BCUT2D eigenvalue weighted by atomic mass is 9.96. The van der Waals surface area contributed by atoms with Crippen molar-refractivity contribution in [3.05, 3.63) is 29.8 Å². The summed E-state index contributed by atoms with van der Waals surface area (Å²) in [6, 6.07) is 8.41. The molecule has 0 amide bonds. The summed E-state index contributed by atoms with van der Waals surface area (Å²) in [6.07, 6.45) is 2.18. The van der Waals surface area contributed by atoms with Crippen LogP contribution in [0.15, 0.2) is 29.2 Å². The van der Waals surface area contributed by atoms with Gasteiger partial charge in [0.15, 0.2) is 0 Å². The molecular formula is C15H22N2O2S. The highest BCUT2D eigenvalue weighted by atomic mass is 32.2. The average molecular weight is 294 g/mol. The smallest absolute Gasteiger partial charge is 0.208 e. The lowest BCUT2D eigenvalue weighted by molar-refractivity contribution is 0.391. The van der Waals surface area contributed by atoms with Crippen molar-refractivity contribution in [3.8, 4) is 6.07 Å². The van der Waals surface area contributed by atoms with E-state index in [4.69, 9.17) is 5.26 Å². The molecule has 1 atom stereocenters. The number of rotatable bonds is 7. The van der Waals surface area contributed by atoms with Gasteiger partial charge in [0, 0.05) is 6.04 Å². The minimum Gasteiger partial charge on any atom is -0.208 e. The fourth-order valence-electron chi connectivity index (χ4n) is 2.28. The second-order valence-corrected chi connectivity index (χ2v) is 6.68. The van der Waals surface area contributed by atoms with Gasteiger partial charge in [-0.2, -0.15) is 5.26 Å². The molecule has 4 nitrogen and oxygen atoms in total. The van der Waals surface area contributed by atoms with Crippen LogP contribution in [0.4, 0.5) is 0 Å². The largest absolute Gasteiger partial charge is 0.240 e. The molecule has 0 spiro atoms. The van der Waals surface area contributed by atoms with Gasteiger partial charge >= 0.3 is 0 Å². The Hall–Kier alpha value is -1.38. The van der Waals surface area contributed by atoms with E-state index < -0.39 is 10.0 Å². The first-order valence-corrected chi connectivity index (χ1v) is 8.41. The van der Waals surface area contributed by atoms with Crippen molar-refractivity contribution in [1.82, 2.24) is 4.72 Å². The molecule has 20 heavy (non-hydrogen) atoms. The van der Waals surface area contributed by atoms with E-state index in [0.29, 0.717) is 5.92 Å². The summed E-state index contributed by atoms with van der Waals surface area (Å²) in [5.41, 5.74) is 0.819. The summed E-state index contributed by atoms with van der Waals surface area (Å²) in [5, 5.41) is 8.60. The maximum atomic E-state index is 12.3. The van der Waals surface area contributed by atoms with Crippen molar-refractivity contribution in [2.24, 2.45) is 5.92 Å². The Morgan fingerprint density at radius 2 is 1.75 bits per heavy atom. The number of nitriles is 1. The molecule has 0 aliphatic rings. The predicted octanol–water partition coefficient (Wildman–Crippen LogP) is 2.86. The van der Waals surface area contributed by atoms with Gasteiger partial charge in [-0.3, -0.25) is 0 Å². The molecule has 0 aromatic heterocycles. The molecule has 0 heterocycles. The van der Waals surface area contributed by atoms with Crippen molar-refractivity contribution in [3.63, 3.8) is 0 Å². The van der Waals surface area contributed by atoms with Crippen LogP contribution in [0.5, 0.6) is 0 Å². The second-order valence-electron chi connectivity index (χ2n) is 4.97. The Balaban J connectivity index is 2.86. The number of hydrogen-bond donors (Lipinski definition) is 1. The van der Waals surface area contributed by atoms with Gasteiger partial charge < -0.3 is 0 Å². The maximum Gasteiger partial charge on any atom is 0.240 e. The summed E-state index contributed by atoms with van der Waals surface area (Å²) in [4.78, 5) is 0.247. The van der Waals surface area contributed by atoms with Crippen LogP contribution in [0.3, 0.4) is 0 Å². The van der Waals surface area contributed by atoms with Crippen LogP contribution in [0.25, 0.3) is 0 Å². The molecule has 0 aliphatic heterocycles. The molecule has 1 rings (SSSR count). The minimum absolute atomic E-state index is 0.0891. The van der Waals surface area contributed by atoms with Gasteiger partial charge in [-0.05, 0) is 30.5 Å². The molecule has 110 valence electrons. The zero-order valence-corrected chi connectivity index (χ0v) is 13.1. The average Bonchev–Trinajstić information content (AvgIpc) is 2.40. The molecule has 0 saturated carbocycles. The van der Waals surface area contributed by atoms with Gasteiger partial charge in [0.2, 0.25) is 10.0 Å². The molecule has 5 heteroatoms. The molecular weight excluding hydrogens is 272 g/mol. The molecule has 0 radical (unpaired) electrons. The van der Waals surface area contributed by atoms with Crippen molar-refractivity contribution in [2.75, 3.05) is 0 Å². The highest BCUT2D eigenvalue weighted by Crippen LogP contribution is 2.17. The molecule has 1 unspecified atom stereocenters. The summed E-state index contributed by atoms with van der Waals surface area (Å²) < 4.78 is 27.3. The Kier molecular flexibility index (Phi) is 6.18. The van der Waals surface area contributed by atoms with E-state index in [-0.39, 0.29) is 17.4 Å². The van der Waals surface area contributed by atoms with E-state index >= 15 is 0 Å². The van der Waals surface area contributed by atoms with Crippen LogP contribution in [0, 0.1) is 17.2 Å². The molecule has 0 saturated heterocycles. The van der Waals surface area contributed by atoms with Crippen LogP contribution < -0.4 is 4.72 Å². The normalized spacial score (nSPS) is 13.2. The van der Waals surface area contributed by atoms with Gasteiger partial charge in [0.1, 0.15) is 0 Å². The standard InChI is InChI=1S/C15H22N2O2S/c1-4-14(5-2)12(3)17-20(18,19)15-8-6-13(7-9-15)10-11-16/h6-9,12,14,17H,4-5,10H2,1-3H3. The fraction of sp³-hybridized carbons (Fsp3) is 0.533. The summed E-state index contributed by atoms with van der Waals surface area (Å²) in [7, 11) is -3.49. The number of benzene rings is 1. The maximum absolute atomic E-state index is 12.3. The van der Waals surface area contributed by atoms with E-state index in [1.165, 1.54) is 0 Å². The quantitative estimate of drug-likeness (QED) is 0.840. The highest BCUT2D eigenvalue weighted by Gasteiger charge is 2.21. The van der Waals surface area contributed by atoms with Crippen LogP contribution >= 0.6 is 0 Å². The van der Waals surface area contributed by atoms with Gasteiger partial charge in [-0.25, -0.2) is 13.1 Å². The van der Waals surface area contributed by atoms with Gasteiger partial charge in [0.25, 0.3) is 0 Å². The van der Waals surface area contributed by atoms with E-state index in [0.717, 1.165) is 18.4 Å². The van der Waals surface area contributed by atoms with Gasteiger partial charge in [0.05, 0.1) is 17.4 Å².